The predicted octanol–water partition coefficient (Wildman–Crippen LogP) is 2.25. The van der Waals surface area contributed by atoms with E-state index in [1.807, 2.05) is 6.92 Å². The molecule has 1 aromatic rings. The molecular weight excluding hydrogens is 328 g/mol. The third-order valence-corrected chi connectivity index (χ3v) is 4.60. The summed E-state index contributed by atoms with van der Waals surface area (Å²) >= 11 is 0. The van der Waals surface area contributed by atoms with Gasteiger partial charge in [0.15, 0.2) is 0 Å². The number of anilines is 1. The Bertz CT molecular complexity index is 616. The van der Waals surface area contributed by atoms with Gasteiger partial charge in [-0.25, -0.2) is 4.79 Å². The molecular formula is C17H25ClN4O2. The van der Waals surface area contributed by atoms with Crippen molar-refractivity contribution >= 4 is 30.0 Å². The number of hydrogen-bond donors (Lipinski definition) is 4. The fourth-order valence-corrected chi connectivity index (χ4v) is 2.69. The van der Waals surface area contributed by atoms with Crippen molar-refractivity contribution in [3.63, 3.8) is 0 Å². The lowest BCUT2D eigenvalue weighted by atomic mass is 9.95. The van der Waals surface area contributed by atoms with Crippen molar-refractivity contribution in [3.8, 4) is 0 Å². The van der Waals surface area contributed by atoms with Crippen LogP contribution in [0.15, 0.2) is 24.3 Å². The molecule has 0 saturated heterocycles. The maximum absolute atomic E-state index is 12.5. The van der Waals surface area contributed by atoms with Gasteiger partial charge in [-0.15, -0.1) is 12.4 Å². The lowest BCUT2D eigenvalue weighted by Crippen LogP contribution is -2.53. The van der Waals surface area contributed by atoms with Gasteiger partial charge in [-0.2, -0.15) is 0 Å². The summed E-state index contributed by atoms with van der Waals surface area (Å²) in [4.78, 5) is 24.3. The highest BCUT2D eigenvalue weighted by Gasteiger charge is 2.41. The first-order chi connectivity index (χ1) is 11.0. The number of nitrogens with two attached hydrogens (primary N) is 1. The summed E-state index contributed by atoms with van der Waals surface area (Å²) in [5.41, 5.74) is 6.62. The minimum absolute atomic E-state index is 0. The molecule has 0 spiro atoms. The average Bonchev–Trinajstić information content (AvgIpc) is 3.39. The van der Waals surface area contributed by atoms with Crippen LogP contribution in [0.1, 0.15) is 43.0 Å². The van der Waals surface area contributed by atoms with Gasteiger partial charge < -0.3 is 21.7 Å². The molecule has 0 bridgehead atoms. The van der Waals surface area contributed by atoms with Gasteiger partial charge in [-0.3, -0.25) is 4.79 Å². The van der Waals surface area contributed by atoms with Gasteiger partial charge in [-0.1, -0.05) is 6.07 Å². The summed E-state index contributed by atoms with van der Waals surface area (Å²) in [7, 11) is 0. The number of benzene rings is 1. The summed E-state index contributed by atoms with van der Waals surface area (Å²) in [6.45, 7) is 2.42. The molecule has 24 heavy (non-hydrogen) atoms. The van der Waals surface area contributed by atoms with Crippen LogP contribution in [0.3, 0.4) is 0 Å². The zero-order valence-electron chi connectivity index (χ0n) is 13.8. The number of hydrogen-bond acceptors (Lipinski definition) is 3. The highest BCUT2D eigenvalue weighted by Crippen LogP contribution is 2.39. The normalized spacial score (nSPS) is 18.8. The minimum atomic E-state index is -0.357. The molecule has 3 rings (SSSR count). The molecule has 5 N–H and O–H groups in total. The maximum atomic E-state index is 12.5. The van der Waals surface area contributed by atoms with Crippen molar-refractivity contribution in [2.75, 3.05) is 11.9 Å². The molecule has 2 fully saturated rings. The number of carbonyl (C=O) groups is 2. The first-order valence-corrected chi connectivity index (χ1v) is 8.20. The van der Waals surface area contributed by atoms with Crippen LogP contribution in [0.25, 0.3) is 0 Å². The average molecular weight is 353 g/mol. The van der Waals surface area contributed by atoms with Crippen molar-refractivity contribution in [1.29, 1.82) is 0 Å². The van der Waals surface area contributed by atoms with Crippen molar-refractivity contribution in [2.24, 2.45) is 11.7 Å². The molecule has 0 heterocycles. The summed E-state index contributed by atoms with van der Waals surface area (Å²) in [6, 6.07) is 7.03. The predicted molar refractivity (Wildman–Crippen MR) is 96.5 cm³/mol. The molecule has 6 nitrogen and oxygen atoms in total. The van der Waals surface area contributed by atoms with Gasteiger partial charge in [0.05, 0.1) is 5.54 Å². The Morgan fingerprint density at radius 1 is 1.25 bits per heavy atom. The molecule has 0 radical (unpaired) electrons. The van der Waals surface area contributed by atoms with E-state index in [0.29, 0.717) is 29.8 Å². The van der Waals surface area contributed by atoms with Crippen molar-refractivity contribution in [2.45, 2.75) is 44.2 Å². The van der Waals surface area contributed by atoms with Crippen LogP contribution in [-0.4, -0.2) is 30.1 Å². The number of halogens is 1. The van der Waals surface area contributed by atoms with E-state index in [0.717, 1.165) is 25.7 Å². The first kappa shape index (κ1) is 18.5. The Balaban J connectivity index is 0.00000208. The second-order valence-corrected chi connectivity index (χ2v) is 6.80. The van der Waals surface area contributed by atoms with E-state index >= 15 is 0 Å². The molecule has 7 heteroatoms. The number of rotatable bonds is 6. The third kappa shape index (κ3) is 4.61. The molecule has 2 aliphatic rings. The summed E-state index contributed by atoms with van der Waals surface area (Å²) in [5, 5.41) is 8.67. The standard InChI is InChI=1S/C17H24N4O2.ClH/c1-17(10-18,12-5-6-12)21-15(22)11-3-2-4-14(9-11)20-16(23)19-13-7-8-13;/h2-4,9,12-13H,5-8,10,18H2,1H3,(H,21,22)(H2,19,20,23);1H. The smallest absolute Gasteiger partial charge is 0.319 e. The largest absolute Gasteiger partial charge is 0.345 e. The maximum Gasteiger partial charge on any atom is 0.319 e. The molecule has 1 unspecified atom stereocenters. The Hall–Kier alpha value is -1.79. The van der Waals surface area contributed by atoms with Crippen LogP contribution in [0.4, 0.5) is 10.5 Å². The number of amides is 3. The van der Waals surface area contributed by atoms with Gasteiger partial charge in [0.1, 0.15) is 0 Å². The topological polar surface area (TPSA) is 96.2 Å². The molecule has 0 aliphatic heterocycles. The lowest BCUT2D eigenvalue weighted by molar-refractivity contribution is 0.0898. The second kappa shape index (κ2) is 7.40. The fourth-order valence-electron chi connectivity index (χ4n) is 2.69. The van der Waals surface area contributed by atoms with E-state index < -0.39 is 0 Å². The monoisotopic (exact) mass is 352 g/mol. The van der Waals surface area contributed by atoms with Crippen LogP contribution >= 0.6 is 12.4 Å². The van der Waals surface area contributed by atoms with Gasteiger partial charge in [0, 0.05) is 23.8 Å². The van der Waals surface area contributed by atoms with E-state index in [9.17, 15) is 9.59 Å². The van der Waals surface area contributed by atoms with Gasteiger partial charge >= 0.3 is 6.03 Å². The quantitative estimate of drug-likeness (QED) is 0.632. The zero-order chi connectivity index (χ0) is 16.4. The number of carbonyl (C=O) groups excluding carboxylic acids is 2. The summed E-state index contributed by atoms with van der Waals surface area (Å²) < 4.78 is 0. The molecule has 0 aromatic heterocycles. The highest BCUT2D eigenvalue weighted by atomic mass is 35.5. The van der Waals surface area contributed by atoms with E-state index in [4.69, 9.17) is 5.73 Å². The molecule has 2 aliphatic carbocycles. The van der Waals surface area contributed by atoms with E-state index in [2.05, 4.69) is 16.0 Å². The molecule has 132 valence electrons. The Labute approximate surface area is 148 Å². The van der Waals surface area contributed by atoms with Crippen LogP contribution in [-0.2, 0) is 0 Å². The minimum Gasteiger partial charge on any atom is -0.345 e. The van der Waals surface area contributed by atoms with E-state index in [-0.39, 0.29) is 29.9 Å². The molecule has 1 aromatic carbocycles. The Morgan fingerprint density at radius 3 is 2.54 bits per heavy atom. The number of nitrogens with one attached hydrogen (secondary N) is 3. The molecule has 2 saturated carbocycles. The van der Waals surface area contributed by atoms with Crippen LogP contribution in [0.5, 0.6) is 0 Å². The first-order valence-electron chi connectivity index (χ1n) is 8.20. The summed E-state index contributed by atoms with van der Waals surface area (Å²) in [6.07, 6.45) is 4.29. The third-order valence-electron chi connectivity index (χ3n) is 4.60. The van der Waals surface area contributed by atoms with Crippen LogP contribution in [0.2, 0.25) is 0 Å². The van der Waals surface area contributed by atoms with E-state index in [1.54, 1.807) is 24.3 Å². The molecule has 3 amide bonds. The van der Waals surface area contributed by atoms with Crippen molar-refractivity contribution in [3.05, 3.63) is 29.8 Å². The summed E-state index contributed by atoms with van der Waals surface area (Å²) in [5.74, 6) is 0.304. The SMILES string of the molecule is CC(CN)(NC(=O)c1cccc(NC(=O)NC2CC2)c1)C1CC1.Cl. The zero-order valence-corrected chi connectivity index (χ0v) is 14.6. The van der Waals surface area contributed by atoms with Gasteiger partial charge in [0.2, 0.25) is 0 Å². The number of urea groups is 1. The van der Waals surface area contributed by atoms with Crippen LogP contribution in [0, 0.1) is 5.92 Å². The Morgan fingerprint density at radius 2 is 1.96 bits per heavy atom. The van der Waals surface area contributed by atoms with Gasteiger partial charge in [-0.05, 0) is 56.7 Å². The Kier molecular flexibility index (Phi) is 5.72. The van der Waals surface area contributed by atoms with Crippen molar-refractivity contribution < 1.29 is 9.59 Å². The molecule has 1 atom stereocenters. The van der Waals surface area contributed by atoms with Crippen LogP contribution < -0.4 is 21.7 Å². The van der Waals surface area contributed by atoms with Crippen molar-refractivity contribution in [1.82, 2.24) is 10.6 Å². The highest BCUT2D eigenvalue weighted by molar-refractivity contribution is 5.97. The van der Waals surface area contributed by atoms with E-state index in [1.165, 1.54) is 0 Å². The van der Waals surface area contributed by atoms with Gasteiger partial charge in [0.25, 0.3) is 5.91 Å². The fraction of sp³-hybridized carbons (Fsp3) is 0.529. The second-order valence-electron chi connectivity index (χ2n) is 6.80. The lowest BCUT2D eigenvalue weighted by Gasteiger charge is -2.29.